The molecule has 0 aromatic carbocycles. The smallest absolute Gasteiger partial charge is 0.449 e. The predicted octanol–water partition coefficient (Wildman–Crippen LogP) is 0.822. The lowest BCUT2D eigenvalue weighted by Gasteiger charge is -1.95. The van der Waals surface area contributed by atoms with Crippen LogP contribution in [-0.4, -0.2) is 21.5 Å². The van der Waals surface area contributed by atoms with Gasteiger partial charge in [0.25, 0.3) is 0 Å². The van der Waals surface area contributed by atoms with Crippen LogP contribution in [0.25, 0.3) is 0 Å². The van der Waals surface area contributed by atoms with Crippen LogP contribution in [0.2, 0.25) is 0 Å². The molecule has 0 fully saturated rings. The Hall–Kier alpha value is -1.30. The first-order valence-corrected chi connectivity index (χ1v) is 3.06. The zero-order chi connectivity index (χ0) is 8.27. The first-order valence-electron chi connectivity index (χ1n) is 2.62. The van der Waals surface area contributed by atoms with Crippen molar-refractivity contribution in [2.24, 2.45) is 0 Å². The first-order chi connectivity index (χ1) is 5.18. The minimum atomic E-state index is -1.41. The highest BCUT2D eigenvalue weighted by atomic mass is 32.1. The van der Waals surface area contributed by atoms with Crippen LogP contribution in [0.5, 0.6) is 5.88 Å². The van der Waals surface area contributed by atoms with Crippen LogP contribution in [-0.2, 0) is 0 Å². The third kappa shape index (κ3) is 2.42. The van der Waals surface area contributed by atoms with E-state index in [1.165, 1.54) is 12.1 Å². The van der Waals surface area contributed by atoms with Crippen molar-refractivity contribution >= 4 is 18.8 Å². The van der Waals surface area contributed by atoms with E-state index in [1.54, 1.807) is 0 Å². The van der Waals surface area contributed by atoms with Gasteiger partial charge in [0, 0.05) is 6.07 Å². The number of hydrogen-bond donors (Lipinski definition) is 2. The molecule has 0 bridgehead atoms. The molecule has 0 unspecified atom stereocenters. The maximum Gasteiger partial charge on any atom is 0.512 e. The molecule has 5 nitrogen and oxygen atoms in total. The minimum absolute atomic E-state index is 0.0599. The topological polar surface area (TPSA) is 72.3 Å². The zero-order valence-corrected chi connectivity index (χ0v) is 6.15. The van der Waals surface area contributed by atoms with E-state index in [0.29, 0.717) is 5.03 Å². The molecule has 58 valence electrons. The molecule has 0 aliphatic carbocycles. The van der Waals surface area contributed by atoms with Crippen molar-refractivity contribution in [3.63, 3.8) is 0 Å². The standard InChI is InChI=1S/C5H4N2O3S/c8-5(9)10-3-1-2-4(11)7-6-3/h1-2H,(H,7,11)(H,8,9). The van der Waals surface area contributed by atoms with Crippen LogP contribution in [0.3, 0.4) is 0 Å². The molecular weight excluding hydrogens is 168 g/mol. The summed E-state index contributed by atoms with van der Waals surface area (Å²) in [7, 11) is 0. The lowest BCUT2D eigenvalue weighted by molar-refractivity contribution is 0.142. The monoisotopic (exact) mass is 172 g/mol. The van der Waals surface area contributed by atoms with Gasteiger partial charge in [-0.2, -0.15) is 0 Å². The van der Waals surface area contributed by atoms with Crippen LogP contribution < -0.4 is 4.74 Å². The number of hydrogen-bond acceptors (Lipinski definition) is 5. The molecule has 0 aliphatic heterocycles. The van der Waals surface area contributed by atoms with Crippen molar-refractivity contribution in [1.29, 1.82) is 0 Å². The molecule has 0 saturated carbocycles. The van der Waals surface area contributed by atoms with E-state index in [9.17, 15) is 4.79 Å². The predicted molar refractivity (Wildman–Crippen MR) is 37.9 cm³/mol. The summed E-state index contributed by atoms with van der Waals surface area (Å²) < 4.78 is 4.18. The van der Waals surface area contributed by atoms with Gasteiger partial charge in [-0.1, -0.05) is 0 Å². The van der Waals surface area contributed by atoms with Gasteiger partial charge in [-0.25, -0.2) is 4.79 Å². The molecule has 0 atom stereocenters. The summed E-state index contributed by atoms with van der Waals surface area (Å²) in [6.07, 6.45) is -1.41. The zero-order valence-electron chi connectivity index (χ0n) is 5.26. The van der Waals surface area contributed by atoms with Crippen molar-refractivity contribution in [1.82, 2.24) is 10.2 Å². The molecule has 11 heavy (non-hydrogen) atoms. The number of thiol groups is 1. The lowest BCUT2D eigenvalue weighted by Crippen LogP contribution is -2.04. The van der Waals surface area contributed by atoms with Gasteiger partial charge in [0.1, 0.15) is 5.03 Å². The van der Waals surface area contributed by atoms with E-state index in [-0.39, 0.29) is 5.88 Å². The van der Waals surface area contributed by atoms with E-state index in [4.69, 9.17) is 5.11 Å². The molecule has 0 amide bonds. The van der Waals surface area contributed by atoms with Crippen LogP contribution >= 0.6 is 12.6 Å². The van der Waals surface area contributed by atoms with Gasteiger partial charge >= 0.3 is 6.16 Å². The van der Waals surface area contributed by atoms with Gasteiger partial charge in [-0.15, -0.1) is 22.8 Å². The largest absolute Gasteiger partial charge is 0.512 e. The van der Waals surface area contributed by atoms with Crippen molar-refractivity contribution in [3.05, 3.63) is 12.1 Å². The third-order valence-corrected chi connectivity index (χ3v) is 1.06. The molecule has 1 N–H and O–H groups in total. The minimum Gasteiger partial charge on any atom is -0.449 e. The third-order valence-electron chi connectivity index (χ3n) is 0.818. The Bertz CT molecular complexity index is 261. The molecule has 1 rings (SSSR count). The van der Waals surface area contributed by atoms with E-state index in [1.807, 2.05) is 0 Å². The molecule has 1 aromatic heterocycles. The molecule has 1 aromatic rings. The molecular formula is C5H4N2O3S. The highest BCUT2D eigenvalue weighted by Crippen LogP contribution is 2.06. The van der Waals surface area contributed by atoms with Crippen LogP contribution in [0, 0.1) is 0 Å². The van der Waals surface area contributed by atoms with Crippen molar-refractivity contribution < 1.29 is 14.6 Å². The van der Waals surface area contributed by atoms with Crippen molar-refractivity contribution in [3.8, 4) is 5.88 Å². The Kier molecular flexibility index (Phi) is 2.27. The molecule has 0 spiro atoms. The first kappa shape index (κ1) is 7.80. The maximum absolute atomic E-state index is 9.94. The second kappa shape index (κ2) is 3.20. The molecule has 1 heterocycles. The SMILES string of the molecule is O=C(O)Oc1ccc(S)nn1. The fraction of sp³-hybridized carbons (Fsp3) is 0. The number of nitrogens with zero attached hydrogens (tertiary/aromatic N) is 2. The summed E-state index contributed by atoms with van der Waals surface area (Å²) >= 11 is 3.85. The van der Waals surface area contributed by atoms with Crippen LogP contribution in [0.4, 0.5) is 4.79 Å². The highest BCUT2D eigenvalue weighted by molar-refractivity contribution is 7.80. The van der Waals surface area contributed by atoms with E-state index in [2.05, 4.69) is 27.6 Å². The van der Waals surface area contributed by atoms with Gasteiger partial charge in [-0.3, -0.25) is 0 Å². The van der Waals surface area contributed by atoms with Gasteiger partial charge in [-0.05, 0) is 6.07 Å². The van der Waals surface area contributed by atoms with E-state index in [0.717, 1.165) is 0 Å². The fourth-order valence-electron chi connectivity index (χ4n) is 0.457. The number of aromatic nitrogens is 2. The second-order valence-electron chi connectivity index (χ2n) is 1.60. The molecule has 6 heteroatoms. The summed E-state index contributed by atoms with van der Waals surface area (Å²) in [5.41, 5.74) is 0. The number of carboxylic acid groups (broad SMARTS) is 1. The van der Waals surface area contributed by atoms with Gasteiger partial charge in [0.2, 0.25) is 5.88 Å². The summed E-state index contributed by atoms with van der Waals surface area (Å²) in [5, 5.41) is 15.4. The second-order valence-corrected chi connectivity index (χ2v) is 2.06. The van der Waals surface area contributed by atoms with E-state index >= 15 is 0 Å². The number of carbonyl (C=O) groups is 1. The average Bonchev–Trinajstić information content (AvgIpc) is 1.93. The Morgan fingerprint density at radius 3 is 2.73 bits per heavy atom. The summed E-state index contributed by atoms with van der Waals surface area (Å²) in [4.78, 5) is 9.94. The van der Waals surface area contributed by atoms with Crippen molar-refractivity contribution in [2.45, 2.75) is 5.03 Å². The summed E-state index contributed by atoms with van der Waals surface area (Å²) in [6.45, 7) is 0. The lowest BCUT2D eigenvalue weighted by atomic mass is 10.6. The van der Waals surface area contributed by atoms with Crippen LogP contribution in [0.1, 0.15) is 0 Å². The Balaban J connectivity index is 2.74. The average molecular weight is 172 g/mol. The van der Waals surface area contributed by atoms with Crippen molar-refractivity contribution in [2.75, 3.05) is 0 Å². The summed E-state index contributed by atoms with van der Waals surface area (Å²) in [6, 6.07) is 2.85. The Morgan fingerprint density at radius 1 is 1.55 bits per heavy atom. The molecule has 0 aliphatic rings. The van der Waals surface area contributed by atoms with E-state index < -0.39 is 6.16 Å². The Labute approximate surface area is 67.4 Å². The number of ether oxygens (including phenoxy) is 1. The quantitative estimate of drug-likeness (QED) is 0.484. The summed E-state index contributed by atoms with van der Waals surface area (Å²) in [5.74, 6) is -0.0599. The maximum atomic E-state index is 9.94. The molecule has 0 saturated heterocycles. The number of rotatable bonds is 1. The normalized spacial score (nSPS) is 9.18. The van der Waals surface area contributed by atoms with Crippen LogP contribution in [0.15, 0.2) is 17.2 Å². The molecule has 0 radical (unpaired) electrons. The highest BCUT2D eigenvalue weighted by Gasteiger charge is 2.00. The van der Waals surface area contributed by atoms with Gasteiger partial charge < -0.3 is 9.84 Å². The fourth-order valence-corrected chi connectivity index (χ4v) is 0.576. The Morgan fingerprint density at radius 2 is 2.27 bits per heavy atom. The van der Waals surface area contributed by atoms with Gasteiger partial charge in [0.15, 0.2) is 0 Å². The van der Waals surface area contributed by atoms with Gasteiger partial charge in [0.05, 0.1) is 0 Å².